The van der Waals surface area contributed by atoms with Crippen LogP contribution in [0.3, 0.4) is 0 Å². The zero-order chi connectivity index (χ0) is 19.1. The van der Waals surface area contributed by atoms with Gasteiger partial charge < -0.3 is 14.8 Å². The summed E-state index contributed by atoms with van der Waals surface area (Å²) in [6.07, 6.45) is 0.226. The predicted octanol–water partition coefficient (Wildman–Crippen LogP) is 1.33. The average molecular weight is 371 g/mol. The minimum absolute atomic E-state index is 0.125. The van der Waals surface area contributed by atoms with Crippen molar-refractivity contribution >= 4 is 11.6 Å². The number of methoxy groups -OCH3 is 1. The fourth-order valence-electron chi connectivity index (χ4n) is 2.96. The van der Waals surface area contributed by atoms with Gasteiger partial charge in [0.1, 0.15) is 11.5 Å². The van der Waals surface area contributed by atoms with Crippen LogP contribution in [0, 0.1) is 5.92 Å². The van der Waals surface area contributed by atoms with E-state index in [-0.39, 0.29) is 12.1 Å². The smallest absolute Gasteiger partial charge is 0.230 e. The van der Waals surface area contributed by atoms with Gasteiger partial charge in [-0.15, -0.1) is 0 Å². The Morgan fingerprint density at radius 3 is 2.67 bits per heavy atom. The van der Waals surface area contributed by atoms with E-state index in [2.05, 4.69) is 27.2 Å². The van der Waals surface area contributed by atoms with Crippen molar-refractivity contribution in [2.75, 3.05) is 19.0 Å². The monoisotopic (exact) mass is 371 g/mol. The zero-order valence-corrected chi connectivity index (χ0v) is 15.4. The van der Waals surface area contributed by atoms with Gasteiger partial charge in [0.15, 0.2) is 0 Å². The molecule has 8 nitrogen and oxygen atoms in total. The van der Waals surface area contributed by atoms with Crippen LogP contribution in [0.5, 0.6) is 11.5 Å². The molecule has 1 saturated heterocycles. The molecule has 2 aromatic rings. The molecule has 3 rings (SSSR count). The number of ether oxygens (including phenoxy) is 2. The predicted molar refractivity (Wildman–Crippen MR) is 103 cm³/mol. The summed E-state index contributed by atoms with van der Waals surface area (Å²) in [7, 11) is 1.63. The second-order valence-electron chi connectivity index (χ2n) is 6.10. The molecule has 1 aliphatic heterocycles. The van der Waals surface area contributed by atoms with E-state index in [1.54, 1.807) is 7.11 Å². The van der Waals surface area contributed by atoms with Crippen molar-refractivity contribution in [3.8, 4) is 11.5 Å². The molecule has 1 unspecified atom stereocenters. The van der Waals surface area contributed by atoms with E-state index in [1.165, 1.54) is 0 Å². The molecule has 1 heterocycles. The Kier molecular flexibility index (Phi) is 6.61. The number of anilines is 1. The van der Waals surface area contributed by atoms with E-state index >= 15 is 0 Å². The third-order valence-corrected chi connectivity index (χ3v) is 4.29. The highest BCUT2D eigenvalue weighted by molar-refractivity contribution is 5.94. The molecule has 27 heavy (non-hydrogen) atoms. The first kappa shape index (κ1) is 19.1. The Morgan fingerprint density at radius 2 is 1.93 bits per heavy atom. The molecule has 0 aromatic heterocycles. The Labute approximate surface area is 158 Å². The second kappa shape index (κ2) is 9.33. The maximum atomic E-state index is 13.1. The van der Waals surface area contributed by atoms with Crippen LogP contribution < -0.4 is 36.7 Å². The first-order chi connectivity index (χ1) is 13.2. The third kappa shape index (κ3) is 4.95. The van der Waals surface area contributed by atoms with E-state index < -0.39 is 5.92 Å². The van der Waals surface area contributed by atoms with Gasteiger partial charge in [0.05, 0.1) is 31.5 Å². The molecule has 144 valence electrons. The standard InChI is InChI=1S/C19H25N5O3/c1-3-27-17-10-5-4-9-16(17)20-19(25)15(18-21-23-24-22-18)12-13-7-6-8-14(11-13)26-2/h4-11,15,18,21-24H,3,12H2,1-2H3,(H,20,25). The number of benzene rings is 2. The van der Waals surface area contributed by atoms with Crippen LogP contribution in [-0.2, 0) is 11.2 Å². The fraction of sp³-hybridized carbons (Fsp3) is 0.316. The van der Waals surface area contributed by atoms with Crippen LogP contribution in [0.25, 0.3) is 0 Å². The van der Waals surface area contributed by atoms with Crippen molar-refractivity contribution in [3.05, 3.63) is 54.1 Å². The number of hydrogen-bond acceptors (Lipinski definition) is 7. The maximum Gasteiger partial charge on any atom is 0.230 e. The molecule has 0 radical (unpaired) electrons. The summed E-state index contributed by atoms with van der Waals surface area (Å²) in [4.78, 5) is 13.1. The molecule has 1 atom stereocenters. The van der Waals surface area contributed by atoms with Crippen molar-refractivity contribution in [1.29, 1.82) is 0 Å². The van der Waals surface area contributed by atoms with Crippen LogP contribution >= 0.6 is 0 Å². The van der Waals surface area contributed by atoms with Gasteiger partial charge in [0.25, 0.3) is 0 Å². The van der Waals surface area contributed by atoms with Crippen molar-refractivity contribution in [2.24, 2.45) is 5.92 Å². The van der Waals surface area contributed by atoms with Crippen LogP contribution in [-0.4, -0.2) is 25.8 Å². The molecule has 8 heteroatoms. The number of amides is 1. The van der Waals surface area contributed by atoms with Crippen molar-refractivity contribution in [2.45, 2.75) is 19.5 Å². The fourth-order valence-corrected chi connectivity index (χ4v) is 2.96. The summed E-state index contributed by atoms with van der Waals surface area (Å²) >= 11 is 0. The lowest BCUT2D eigenvalue weighted by molar-refractivity contribution is -0.120. The van der Waals surface area contributed by atoms with Crippen molar-refractivity contribution in [1.82, 2.24) is 21.9 Å². The lowest BCUT2D eigenvalue weighted by Gasteiger charge is -2.23. The maximum absolute atomic E-state index is 13.1. The molecule has 0 spiro atoms. The zero-order valence-electron chi connectivity index (χ0n) is 15.4. The van der Waals surface area contributed by atoms with Gasteiger partial charge in [-0.05, 0) is 43.2 Å². The number of para-hydroxylation sites is 2. The quantitative estimate of drug-likeness (QED) is 0.478. The van der Waals surface area contributed by atoms with Crippen LogP contribution in [0.2, 0.25) is 0 Å². The van der Waals surface area contributed by atoms with E-state index in [0.29, 0.717) is 24.5 Å². The van der Waals surface area contributed by atoms with Gasteiger partial charge in [-0.1, -0.05) is 24.3 Å². The Balaban J connectivity index is 1.79. The molecule has 0 saturated carbocycles. The molecule has 1 aliphatic rings. The normalized spacial score (nSPS) is 15.3. The molecule has 0 aliphatic carbocycles. The number of carbonyl (C=O) groups excluding carboxylic acids is 1. The largest absolute Gasteiger partial charge is 0.497 e. The minimum atomic E-state index is -0.394. The first-order valence-corrected chi connectivity index (χ1v) is 8.88. The molecule has 1 fully saturated rings. The second-order valence-corrected chi connectivity index (χ2v) is 6.10. The van der Waals surface area contributed by atoms with Crippen LogP contribution in [0.1, 0.15) is 12.5 Å². The van der Waals surface area contributed by atoms with E-state index in [9.17, 15) is 4.79 Å². The van der Waals surface area contributed by atoms with E-state index in [1.807, 2.05) is 55.5 Å². The van der Waals surface area contributed by atoms with Gasteiger partial charge in [-0.25, -0.2) is 10.9 Å². The van der Waals surface area contributed by atoms with Crippen LogP contribution in [0.4, 0.5) is 5.69 Å². The summed E-state index contributed by atoms with van der Waals surface area (Å²) in [5, 5.41) is 2.99. The average Bonchev–Trinajstić information content (AvgIpc) is 3.22. The topological polar surface area (TPSA) is 95.7 Å². The number of hydrogen-bond donors (Lipinski definition) is 5. The molecule has 1 amide bonds. The summed E-state index contributed by atoms with van der Waals surface area (Å²) in [5.74, 6) is 0.892. The molecule has 2 aromatic carbocycles. The molecular weight excluding hydrogens is 346 g/mol. The van der Waals surface area contributed by atoms with Gasteiger partial charge >= 0.3 is 0 Å². The van der Waals surface area contributed by atoms with Crippen LogP contribution in [0.15, 0.2) is 48.5 Å². The first-order valence-electron chi connectivity index (χ1n) is 8.88. The highest BCUT2D eigenvalue weighted by Crippen LogP contribution is 2.25. The van der Waals surface area contributed by atoms with Crippen molar-refractivity contribution in [3.63, 3.8) is 0 Å². The minimum Gasteiger partial charge on any atom is -0.497 e. The number of carbonyl (C=O) groups is 1. The lowest BCUT2D eigenvalue weighted by Crippen LogP contribution is -2.47. The number of nitrogens with one attached hydrogen (secondary N) is 5. The highest BCUT2D eigenvalue weighted by atomic mass is 16.5. The summed E-state index contributed by atoms with van der Waals surface area (Å²) < 4.78 is 10.9. The van der Waals surface area contributed by atoms with Gasteiger partial charge in [-0.3, -0.25) is 4.79 Å². The summed E-state index contributed by atoms with van der Waals surface area (Å²) in [6, 6.07) is 15.1. The van der Waals surface area contributed by atoms with E-state index in [0.717, 1.165) is 11.3 Å². The summed E-state index contributed by atoms with van der Waals surface area (Å²) in [5.41, 5.74) is 13.2. The van der Waals surface area contributed by atoms with Gasteiger partial charge in [0.2, 0.25) is 5.91 Å². The number of rotatable bonds is 8. The molecule has 0 bridgehead atoms. The number of hydrazine groups is 3. The SMILES string of the molecule is CCOc1ccccc1NC(=O)C(Cc1cccc(OC)c1)C1NNNN1. The van der Waals surface area contributed by atoms with Gasteiger partial charge in [0, 0.05) is 0 Å². The Hall–Kier alpha value is -2.65. The van der Waals surface area contributed by atoms with Crippen molar-refractivity contribution < 1.29 is 14.3 Å². The molecular formula is C19H25N5O3. The summed E-state index contributed by atoms with van der Waals surface area (Å²) in [6.45, 7) is 2.44. The molecule has 5 N–H and O–H groups in total. The lowest BCUT2D eigenvalue weighted by atomic mass is 9.95. The van der Waals surface area contributed by atoms with Gasteiger partial charge in [-0.2, -0.15) is 11.1 Å². The van der Waals surface area contributed by atoms with E-state index in [4.69, 9.17) is 9.47 Å². The highest BCUT2D eigenvalue weighted by Gasteiger charge is 2.31. The Morgan fingerprint density at radius 1 is 1.15 bits per heavy atom. The Bertz CT molecular complexity index is 765. The third-order valence-electron chi connectivity index (χ3n) is 4.29.